The summed E-state index contributed by atoms with van der Waals surface area (Å²) in [6.07, 6.45) is 13.8. The van der Waals surface area contributed by atoms with Crippen LogP contribution in [0.1, 0.15) is 56.6 Å². The number of amides is 1. The van der Waals surface area contributed by atoms with E-state index in [4.69, 9.17) is 4.74 Å². The topological polar surface area (TPSA) is 59.7 Å². The van der Waals surface area contributed by atoms with E-state index in [2.05, 4.69) is 27.1 Å². The first-order valence-corrected chi connectivity index (χ1v) is 10.7. The van der Waals surface area contributed by atoms with Crippen LogP contribution in [-0.2, 0) is 4.79 Å². The Labute approximate surface area is 165 Å². The average molecular weight is 380 g/mol. The fourth-order valence-corrected chi connectivity index (χ4v) is 4.33. The van der Waals surface area contributed by atoms with Gasteiger partial charge in [0, 0.05) is 31.0 Å². The number of allylic oxidation sites excluding steroid dienone is 2. The van der Waals surface area contributed by atoms with E-state index in [-0.39, 0.29) is 5.92 Å². The number of hydrogen-bond donors (Lipinski definition) is 0. The summed E-state index contributed by atoms with van der Waals surface area (Å²) in [6.45, 7) is 2.37. The monoisotopic (exact) mass is 380 g/mol. The summed E-state index contributed by atoms with van der Waals surface area (Å²) in [5, 5.41) is 4.56. The number of imidazole rings is 1. The number of carbonyl (C=O) groups is 1. The van der Waals surface area contributed by atoms with Gasteiger partial charge >= 0.3 is 0 Å². The van der Waals surface area contributed by atoms with Gasteiger partial charge in [-0.3, -0.25) is 4.79 Å². The second-order valence-electron chi connectivity index (χ2n) is 8.48. The lowest BCUT2D eigenvalue weighted by Crippen LogP contribution is -2.42. The van der Waals surface area contributed by atoms with Crippen molar-refractivity contribution >= 4 is 11.6 Å². The smallest absolute Gasteiger partial charge is 0.231 e. The van der Waals surface area contributed by atoms with Gasteiger partial charge in [0.1, 0.15) is 0 Å². The number of aromatic nitrogens is 3. The van der Waals surface area contributed by atoms with Crippen LogP contribution >= 0.6 is 0 Å². The van der Waals surface area contributed by atoms with Gasteiger partial charge in [-0.25, -0.2) is 9.50 Å². The highest BCUT2D eigenvalue weighted by Gasteiger charge is 2.29. The molecule has 0 aromatic carbocycles. The van der Waals surface area contributed by atoms with E-state index in [0.29, 0.717) is 30.2 Å². The van der Waals surface area contributed by atoms with Crippen LogP contribution < -0.4 is 4.74 Å². The summed E-state index contributed by atoms with van der Waals surface area (Å²) in [7, 11) is 0. The number of ether oxygens (including phenoxy) is 1. The van der Waals surface area contributed by atoms with Crippen molar-refractivity contribution in [3.63, 3.8) is 0 Å². The molecule has 6 nitrogen and oxygen atoms in total. The molecule has 1 unspecified atom stereocenters. The minimum absolute atomic E-state index is 0.199. The lowest BCUT2D eigenvalue weighted by atomic mass is 9.91. The van der Waals surface area contributed by atoms with Gasteiger partial charge in [-0.15, -0.1) is 5.10 Å². The van der Waals surface area contributed by atoms with Crippen molar-refractivity contribution in [3.8, 4) is 5.88 Å². The zero-order valence-electron chi connectivity index (χ0n) is 16.3. The van der Waals surface area contributed by atoms with E-state index in [1.165, 1.54) is 12.8 Å². The van der Waals surface area contributed by atoms with E-state index < -0.39 is 0 Å². The lowest BCUT2D eigenvalue weighted by Gasteiger charge is -2.34. The number of fused-ring (bicyclic) bond motifs is 1. The first kappa shape index (κ1) is 17.7. The van der Waals surface area contributed by atoms with E-state index in [0.717, 1.165) is 56.5 Å². The third-order valence-corrected chi connectivity index (χ3v) is 6.32. The van der Waals surface area contributed by atoms with E-state index >= 15 is 0 Å². The maximum atomic E-state index is 12.7. The molecular weight excluding hydrogens is 352 g/mol. The molecule has 0 N–H and O–H groups in total. The molecule has 148 valence electrons. The van der Waals surface area contributed by atoms with Crippen molar-refractivity contribution in [2.24, 2.45) is 11.8 Å². The van der Waals surface area contributed by atoms with Crippen LogP contribution in [-0.4, -0.2) is 45.1 Å². The molecule has 2 aliphatic carbocycles. The van der Waals surface area contributed by atoms with E-state index in [9.17, 15) is 4.79 Å². The summed E-state index contributed by atoms with van der Waals surface area (Å²) in [5.41, 5.74) is 2.04. The molecular formula is C22H28N4O2. The van der Waals surface area contributed by atoms with Gasteiger partial charge in [0.05, 0.1) is 18.5 Å². The fraction of sp³-hybridized carbons (Fsp3) is 0.591. The molecule has 1 aliphatic heterocycles. The molecule has 1 amide bonds. The van der Waals surface area contributed by atoms with Crippen LogP contribution in [0.5, 0.6) is 5.88 Å². The Bertz CT molecular complexity index is 878. The number of hydrogen-bond acceptors (Lipinski definition) is 4. The van der Waals surface area contributed by atoms with Crippen LogP contribution in [0.2, 0.25) is 0 Å². The Morgan fingerprint density at radius 1 is 1.11 bits per heavy atom. The maximum Gasteiger partial charge on any atom is 0.231 e. The molecule has 1 saturated carbocycles. The van der Waals surface area contributed by atoms with Crippen molar-refractivity contribution in [1.82, 2.24) is 19.5 Å². The van der Waals surface area contributed by atoms with Crippen molar-refractivity contribution in [3.05, 3.63) is 36.2 Å². The number of likely N-dealkylation sites (tertiary alicyclic amines) is 1. The normalized spacial score (nSPS) is 23.3. The molecule has 1 atom stereocenters. The van der Waals surface area contributed by atoms with Crippen molar-refractivity contribution in [2.45, 2.75) is 50.9 Å². The Morgan fingerprint density at radius 2 is 1.96 bits per heavy atom. The Balaban J connectivity index is 1.12. The SMILES string of the molecule is O=C(C1CC=CCC1)N1CCC(COc2ccc3nc(C4CC4)cn3n2)CC1. The fourth-order valence-electron chi connectivity index (χ4n) is 4.33. The molecule has 2 fully saturated rings. The highest BCUT2D eigenvalue weighted by molar-refractivity contribution is 5.79. The lowest BCUT2D eigenvalue weighted by molar-refractivity contribution is -0.137. The second kappa shape index (κ2) is 7.57. The van der Waals surface area contributed by atoms with Gasteiger partial charge in [0.15, 0.2) is 5.65 Å². The third-order valence-electron chi connectivity index (χ3n) is 6.32. The van der Waals surface area contributed by atoms with Gasteiger partial charge < -0.3 is 9.64 Å². The summed E-state index contributed by atoms with van der Waals surface area (Å²) in [4.78, 5) is 19.4. The predicted molar refractivity (Wildman–Crippen MR) is 106 cm³/mol. The molecule has 5 rings (SSSR count). The molecule has 6 heteroatoms. The number of carbonyl (C=O) groups excluding carboxylic acids is 1. The summed E-state index contributed by atoms with van der Waals surface area (Å²) in [6, 6.07) is 3.89. The van der Waals surface area contributed by atoms with Crippen molar-refractivity contribution in [2.75, 3.05) is 19.7 Å². The van der Waals surface area contributed by atoms with Crippen LogP contribution in [0.3, 0.4) is 0 Å². The minimum atomic E-state index is 0.199. The second-order valence-corrected chi connectivity index (χ2v) is 8.48. The van der Waals surface area contributed by atoms with Crippen LogP contribution in [0, 0.1) is 11.8 Å². The van der Waals surface area contributed by atoms with Gasteiger partial charge in [0.25, 0.3) is 0 Å². The van der Waals surface area contributed by atoms with Crippen molar-refractivity contribution < 1.29 is 9.53 Å². The van der Waals surface area contributed by atoms with Gasteiger partial charge in [-0.2, -0.15) is 0 Å². The molecule has 0 radical (unpaired) electrons. The largest absolute Gasteiger partial charge is 0.476 e. The number of piperidine rings is 1. The Kier molecular flexibility index (Phi) is 4.79. The predicted octanol–water partition coefficient (Wildman–Crippen LogP) is 3.58. The Hall–Kier alpha value is -2.37. The molecule has 0 bridgehead atoms. The quantitative estimate of drug-likeness (QED) is 0.744. The van der Waals surface area contributed by atoms with E-state index in [1.54, 1.807) is 0 Å². The third kappa shape index (κ3) is 3.77. The standard InChI is InChI=1S/C22H28N4O2/c27-22(18-4-2-1-3-5-18)25-12-10-16(11-13-25)15-28-21-9-8-20-23-19(17-6-7-17)14-26(20)24-21/h1-2,8-9,14,16-18H,3-7,10-13,15H2. The van der Waals surface area contributed by atoms with Crippen molar-refractivity contribution in [1.29, 1.82) is 0 Å². The highest BCUT2D eigenvalue weighted by atomic mass is 16.5. The molecule has 0 spiro atoms. The van der Waals surface area contributed by atoms with Gasteiger partial charge in [-0.05, 0) is 56.9 Å². The number of nitrogens with zero attached hydrogens (tertiary/aromatic N) is 4. The first-order chi connectivity index (χ1) is 13.8. The summed E-state index contributed by atoms with van der Waals surface area (Å²) >= 11 is 0. The minimum Gasteiger partial charge on any atom is -0.476 e. The molecule has 28 heavy (non-hydrogen) atoms. The Morgan fingerprint density at radius 3 is 2.71 bits per heavy atom. The zero-order chi connectivity index (χ0) is 18.9. The highest BCUT2D eigenvalue weighted by Crippen LogP contribution is 2.39. The maximum absolute atomic E-state index is 12.7. The van der Waals surface area contributed by atoms with Crippen LogP contribution in [0.25, 0.3) is 5.65 Å². The number of rotatable bonds is 5. The summed E-state index contributed by atoms with van der Waals surface area (Å²) < 4.78 is 7.81. The van der Waals surface area contributed by atoms with Crippen LogP contribution in [0.4, 0.5) is 0 Å². The van der Waals surface area contributed by atoms with Gasteiger partial charge in [0.2, 0.25) is 11.8 Å². The molecule has 2 aromatic heterocycles. The molecule has 1 saturated heterocycles. The zero-order valence-corrected chi connectivity index (χ0v) is 16.3. The summed E-state index contributed by atoms with van der Waals surface area (Å²) in [5.74, 6) is 2.31. The van der Waals surface area contributed by atoms with E-state index in [1.807, 2.05) is 22.8 Å². The van der Waals surface area contributed by atoms with Gasteiger partial charge in [-0.1, -0.05) is 12.2 Å². The first-order valence-electron chi connectivity index (χ1n) is 10.7. The molecule has 2 aromatic rings. The molecule has 3 aliphatic rings. The average Bonchev–Trinajstić information content (AvgIpc) is 3.52. The van der Waals surface area contributed by atoms with Crippen LogP contribution in [0.15, 0.2) is 30.5 Å². The molecule has 3 heterocycles.